The molecule has 0 bridgehead atoms. The molecule has 4 unspecified atom stereocenters. The van der Waals surface area contributed by atoms with Gasteiger partial charge in [-0.3, -0.25) is 4.90 Å². The van der Waals surface area contributed by atoms with Gasteiger partial charge in [-0.05, 0) is 38.6 Å². The topological polar surface area (TPSA) is 38.5 Å². The summed E-state index contributed by atoms with van der Waals surface area (Å²) in [5.41, 5.74) is 5.96. The second-order valence-corrected chi connectivity index (χ2v) is 5.75. The molecular formula is C14H28N2O. The van der Waals surface area contributed by atoms with Crippen LogP contribution in [0.25, 0.3) is 0 Å². The van der Waals surface area contributed by atoms with Crippen LogP contribution in [0.3, 0.4) is 0 Å². The molecule has 17 heavy (non-hydrogen) atoms. The van der Waals surface area contributed by atoms with Gasteiger partial charge in [-0.15, -0.1) is 0 Å². The highest BCUT2D eigenvalue weighted by Crippen LogP contribution is 2.31. The Morgan fingerprint density at radius 3 is 2.76 bits per heavy atom. The SMILES string of the molecule is CCC1COC(C)CN1C1CCCCC1CN. The molecule has 1 aliphatic heterocycles. The predicted octanol–water partition coefficient (Wildman–Crippen LogP) is 2.00. The van der Waals surface area contributed by atoms with Gasteiger partial charge in [-0.25, -0.2) is 0 Å². The second kappa shape index (κ2) is 6.17. The van der Waals surface area contributed by atoms with Gasteiger partial charge in [0.05, 0.1) is 12.7 Å². The normalized spacial score (nSPS) is 40.4. The van der Waals surface area contributed by atoms with Crippen LogP contribution in [0.4, 0.5) is 0 Å². The maximum absolute atomic E-state index is 5.96. The summed E-state index contributed by atoms with van der Waals surface area (Å²) in [5.74, 6) is 0.711. The largest absolute Gasteiger partial charge is 0.376 e. The number of nitrogens with zero attached hydrogens (tertiary/aromatic N) is 1. The lowest BCUT2D eigenvalue weighted by atomic mass is 9.82. The highest BCUT2D eigenvalue weighted by molar-refractivity contribution is 4.90. The van der Waals surface area contributed by atoms with Crippen LogP contribution >= 0.6 is 0 Å². The zero-order chi connectivity index (χ0) is 12.3. The molecule has 0 radical (unpaired) electrons. The molecule has 1 heterocycles. The summed E-state index contributed by atoms with van der Waals surface area (Å²) in [6, 6.07) is 1.33. The molecule has 2 rings (SSSR count). The standard InChI is InChI=1S/C14H28N2O/c1-3-13-10-17-11(2)9-16(13)14-7-5-4-6-12(14)8-15/h11-14H,3-10,15H2,1-2H3. The summed E-state index contributed by atoms with van der Waals surface area (Å²) in [5, 5.41) is 0. The van der Waals surface area contributed by atoms with Crippen molar-refractivity contribution < 1.29 is 4.74 Å². The Morgan fingerprint density at radius 1 is 1.29 bits per heavy atom. The van der Waals surface area contributed by atoms with Crippen molar-refractivity contribution in [3.8, 4) is 0 Å². The van der Waals surface area contributed by atoms with Crippen LogP contribution < -0.4 is 5.73 Å². The number of nitrogens with two attached hydrogens (primary N) is 1. The first-order valence-corrected chi connectivity index (χ1v) is 7.33. The first kappa shape index (κ1) is 13.3. The molecule has 100 valence electrons. The minimum Gasteiger partial charge on any atom is -0.376 e. The van der Waals surface area contributed by atoms with Crippen molar-refractivity contribution in [2.75, 3.05) is 19.7 Å². The lowest BCUT2D eigenvalue weighted by Crippen LogP contribution is -2.56. The first-order chi connectivity index (χ1) is 8.26. The van der Waals surface area contributed by atoms with Gasteiger partial charge in [0.15, 0.2) is 0 Å². The van der Waals surface area contributed by atoms with Gasteiger partial charge >= 0.3 is 0 Å². The van der Waals surface area contributed by atoms with Gasteiger partial charge in [-0.1, -0.05) is 19.8 Å². The highest BCUT2D eigenvalue weighted by atomic mass is 16.5. The van der Waals surface area contributed by atoms with Crippen molar-refractivity contribution >= 4 is 0 Å². The minimum absolute atomic E-state index is 0.387. The van der Waals surface area contributed by atoms with Crippen LogP contribution in [-0.4, -0.2) is 42.8 Å². The molecule has 2 fully saturated rings. The zero-order valence-electron chi connectivity index (χ0n) is 11.4. The molecule has 0 aromatic carbocycles. The minimum atomic E-state index is 0.387. The summed E-state index contributed by atoms with van der Waals surface area (Å²) < 4.78 is 5.80. The van der Waals surface area contributed by atoms with E-state index in [0.29, 0.717) is 24.1 Å². The third kappa shape index (κ3) is 3.01. The molecule has 4 atom stereocenters. The van der Waals surface area contributed by atoms with E-state index in [1.165, 1.54) is 32.1 Å². The van der Waals surface area contributed by atoms with Gasteiger partial charge < -0.3 is 10.5 Å². The predicted molar refractivity (Wildman–Crippen MR) is 71.0 cm³/mol. The van der Waals surface area contributed by atoms with Gasteiger partial charge in [0.25, 0.3) is 0 Å². The van der Waals surface area contributed by atoms with E-state index in [1.807, 2.05) is 0 Å². The summed E-state index contributed by atoms with van der Waals surface area (Å²) in [4.78, 5) is 2.71. The third-order valence-corrected chi connectivity index (χ3v) is 4.58. The van der Waals surface area contributed by atoms with Crippen LogP contribution in [0, 0.1) is 5.92 Å². The summed E-state index contributed by atoms with van der Waals surface area (Å²) in [7, 11) is 0. The first-order valence-electron chi connectivity index (χ1n) is 7.33. The lowest BCUT2D eigenvalue weighted by Gasteiger charge is -2.47. The number of rotatable bonds is 3. The van der Waals surface area contributed by atoms with E-state index >= 15 is 0 Å². The van der Waals surface area contributed by atoms with E-state index in [0.717, 1.165) is 19.7 Å². The molecule has 0 spiro atoms. The van der Waals surface area contributed by atoms with Crippen molar-refractivity contribution in [1.82, 2.24) is 4.90 Å². The Labute approximate surface area is 106 Å². The Morgan fingerprint density at radius 2 is 2.06 bits per heavy atom. The number of ether oxygens (including phenoxy) is 1. The molecule has 1 aliphatic carbocycles. The maximum Gasteiger partial charge on any atom is 0.0674 e. The van der Waals surface area contributed by atoms with Crippen molar-refractivity contribution in [1.29, 1.82) is 0 Å². The second-order valence-electron chi connectivity index (χ2n) is 5.75. The molecule has 0 aromatic heterocycles. The Hall–Kier alpha value is -0.120. The maximum atomic E-state index is 5.96. The van der Waals surface area contributed by atoms with Gasteiger partial charge in [0, 0.05) is 18.6 Å². The van der Waals surface area contributed by atoms with E-state index in [2.05, 4.69) is 18.7 Å². The fourth-order valence-electron chi connectivity index (χ4n) is 3.53. The number of hydrogen-bond donors (Lipinski definition) is 1. The zero-order valence-corrected chi connectivity index (χ0v) is 11.4. The monoisotopic (exact) mass is 240 g/mol. The Bertz CT molecular complexity index is 234. The van der Waals surface area contributed by atoms with Crippen LogP contribution in [0.5, 0.6) is 0 Å². The Balaban J connectivity index is 2.05. The summed E-state index contributed by atoms with van der Waals surface area (Å²) in [6.07, 6.45) is 6.99. The lowest BCUT2D eigenvalue weighted by molar-refractivity contribution is -0.0863. The van der Waals surface area contributed by atoms with Crippen molar-refractivity contribution in [2.45, 2.75) is 64.1 Å². The fourth-order valence-corrected chi connectivity index (χ4v) is 3.53. The van der Waals surface area contributed by atoms with E-state index < -0.39 is 0 Å². The van der Waals surface area contributed by atoms with Gasteiger partial charge in [0.2, 0.25) is 0 Å². The quantitative estimate of drug-likeness (QED) is 0.820. The van der Waals surface area contributed by atoms with Crippen molar-refractivity contribution in [3.05, 3.63) is 0 Å². The van der Waals surface area contributed by atoms with Crippen molar-refractivity contribution in [3.63, 3.8) is 0 Å². The van der Waals surface area contributed by atoms with Crippen LogP contribution in [0.15, 0.2) is 0 Å². The summed E-state index contributed by atoms with van der Waals surface area (Å²) >= 11 is 0. The number of morpholine rings is 1. The summed E-state index contributed by atoms with van der Waals surface area (Å²) in [6.45, 7) is 7.33. The van der Waals surface area contributed by atoms with E-state index in [-0.39, 0.29) is 0 Å². The third-order valence-electron chi connectivity index (χ3n) is 4.58. The van der Waals surface area contributed by atoms with Crippen LogP contribution in [-0.2, 0) is 4.74 Å². The van der Waals surface area contributed by atoms with E-state index in [1.54, 1.807) is 0 Å². The molecule has 0 aromatic rings. The van der Waals surface area contributed by atoms with Crippen LogP contribution in [0.2, 0.25) is 0 Å². The van der Waals surface area contributed by atoms with E-state index in [9.17, 15) is 0 Å². The molecule has 1 saturated heterocycles. The molecule has 2 N–H and O–H groups in total. The molecular weight excluding hydrogens is 212 g/mol. The van der Waals surface area contributed by atoms with Gasteiger partial charge in [-0.2, -0.15) is 0 Å². The average molecular weight is 240 g/mol. The molecule has 0 amide bonds. The number of hydrogen-bond acceptors (Lipinski definition) is 3. The molecule has 3 nitrogen and oxygen atoms in total. The molecule has 3 heteroatoms. The highest BCUT2D eigenvalue weighted by Gasteiger charge is 2.35. The van der Waals surface area contributed by atoms with E-state index in [4.69, 9.17) is 10.5 Å². The fraction of sp³-hybridized carbons (Fsp3) is 1.00. The smallest absolute Gasteiger partial charge is 0.0674 e. The van der Waals surface area contributed by atoms with Gasteiger partial charge in [0.1, 0.15) is 0 Å². The Kier molecular flexibility index (Phi) is 4.83. The van der Waals surface area contributed by atoms with Crippen molar-refractivity contribution in [2.24, 2.45) is 11.7 Å². The molecule has 2 aliphatic rings. The molecule has 1 saturated carbocycles. The van der Waals surface area contributed by atoms with Crippen LogP contribution in [0.1, 0.15) is 46.0 Å². The average Bonchev–Trinajstić information content (AvgIpc) is 2.38.